The highest BCUT2D eigenvalue weighted by Gasteiger charge is 2.33. The average molecular weight is 371 g/mol. The lowest BCUT2D eigenvalue weighted by Gasteiger charge is -2.23. The second kappa shape index (κ2) is 6.95. The number of benzene rings is 1. The smallest absolute Gasteiger partial charge is 0.314 e. The predicted molar refractivity (Wildman–Crippen MR) is 87.2 cm³/mol. The first kappa shape index (κ1) is 17.6. The van der Waals surface area contributed by atoms with E-state index < -0.39 is 5.51 Å². The summed E-state index contributed by atoms with van der Waals surface area (Å²) in [6.45, 7) is 2.32. The van der Waals surface area contributed by atoms with Crippen molar-refractivity contribution >= 4 is 23.5 Å². The summed E-state index contributed by atoms with van der Waals surface area (Å²) in [6, 6.07) is 5.07. The molecule has 0 saturated carbocycles. The fourth-order valence-corrected chi connectivity index (χ4v) is 3.35. The Labute approximate surface area is 146 Å². The molecule has 2 aromatic rings. The first-order chi connectivity index (χ1) is 11.8. The highest BCUT2D eigenvalue weighted by atomic mass is 32.2. The lowest BCUT2D eigenvalue weighted by Crippen LogP contribution is -2.34. The first-order valence-corrected chi connectivity index (χ1v) is 8.46. The second-order valence-corrected chi connectivity index (χ2v) is 6.77. The largest absolute Gasteiger partial charge is 0.446 e. The summed E-state index contributed by atoms with van der Waals surface area (Å²) in [5, 5.41) is 9.52. The van der Waals surface area contributed by atoms with Crippen LogP contribution in [0.4, 0.5) is 23.7 Å². The number of hydrogen-bond donors (Lipinski definition) is 2. The van der Waals surface area contributed by atoms with Gasteiger partial charge in [-0.2, -0.15) is 18.3 Å². The van der Waals surface area contributed by atoms with Gasteiger partial charge in [-0.25, -0.2) is 9.78 Å². The number of urea groups is 1. The molecule has 1 fully saturated rings. The Bertz CT molecular complexity index is 764. The van der Waals surface area contributed by atoms with E-state index in [1.807, 2.05) is 0 Å². The Kier molecular flexibility index (Phi) is 4.89. The molecular formula is C15H16F3N5OS. The Morgan fingerprint density at radius 1 is 1.44 bits per heavy atom. The third-order valence-corrected chi connectivity index (χ3v) is 4.47. The molecule has 0 unspecified atom stereocenters. The first-order valence-electron chi connectivity index (χ1n) is 7.64. The number of H-pyrrole nitrogens is 1. The number of carbonyl (C=O) groups excluding carboxylic acids is 1. The zero-order chi connectivity index (χ0) is 18.0. The van der Waals surface area contributed by atoms with Crippen LogP contribution in [-0.2, 0) is 0 Å². The van der Waals surface area contributed by atoms with Crippen molar-refractivity contribution in [2.75, 3.05) is 11.9 Å². The molecule has 1 atom stereocenters. The minimum Gasteiger partial charge on any atom is -0.314 e. The van der Waals surface area contributed by atoms with Crippen molar-refractivity contribution < 1.29 is 18.0 Å². The summed E-state index contributed by atoms with van der Waals surface area (Å²) in [5.74, 6) is 1.21. The number of likely N-dealkylation sites (tertiary alicyclic amines) is 1. The molecule has 2 amide bonds. The molecule has 1 aliphatic heterocycles. The maximum absolute atomic E-state index is 12.5. The molecule has 1 aliphatic rings. The van der Waals surface area contributed by atoms with Crippen molar-refractivity contribution in [2.45, 2.75) is 36.2 Å². The molecule has 134 valence electrons. The zero-order valence-electron chi connectivity index (χ0n) is 13.3. The molecule has 0 bridgehead atoms. The Morgan fingerprint density at radius 3 is 2.92 bits per heavy atom. The van der Waals surface area contributed by atoms with E-state index in [4.69, 9.17) is 0 Å². The van der Waals surface area contributed by atoms with Gasteiger partial charge < -0.3 is 10.2 Å². The quantitative estimate of drug-likeness (QED) is 0.797. The van der Waals surface area contributed by atoms with Crippen LogP contribution in [0, 0.1) is 6.92 Å². The molecule has 0 radical (unpaired) electrons. The fraction of sp³-hybridized carbons (Fsp3) is 0.400. The van der Waals surface area contributed by atoms with E-state index in [9.17, 15) is 18.0 Å². The van der Waals surface area contributed by atoms with Crippen LogP contribution in [0.25, 0.3) is 0 Å². The van der Waals surface area contributed by atoms with E-state index in [0.717, 1.165) is 12.8 Å². The molecule has 2 N–H and O–H groups in total. The summed E-state index contributed by atoms with van der Waals surface area (Å²) < 4.78 is 37.4. The molecule has 10 heteroatoms. The standard InChI is InChI=1S/C15H16F3N5OS/c1-9-19-13(22-21-9)12-6-3-7-23(12)14(24)20-10-4-2-5-11(8-10)25-15(16,17)18/h2,4-5,8,12H,3,6-7H2,1H3,(H,20,24)(H,19,21,22)/t12-/m1/s1. The number of rotatable bonds is 3. The number of anilines is 1. The molecule has 1 aromatic carbocycles. The molecule has 0 spiro atoms. The van der Waals surface area contributed by atoms with Crippen LogP contribution in [0.2, 0.25) is 0 Å². The van der Waals surface area contributed by atoms with Gasteiger partial charge in [-0.15, -0.1) is 0 Å². The van der Waals surface area contributed by atoms with Crippen LogP contribution in [0.5, 0.6) is 0 Å². The van der Waals surface area contributed by atoms with Crippen LogP contribution in [0.1, 0.15) is 30.5 Å². The van der Waals surface area contributed by atoms with E-state index in [2.05, 4.69) is 20.5 Å². The second-order valence-electron chi connectivity index (χ2n) is 5.64. The number of aromatic amines is 1. The molecule has 0 aliphatic carbocycles. The van der Waals surface area contributed by atoms with Gasteiger partial charge in [0.05, 0.1) is 6.04 Å². The Morgan fingerprint density at radius 2 is 2.24 bits per heavy atom. The SMILES string of the molecule is Cc1nc([C@H]2CCCN2C(=O)Nc2cccc(SC(F)(F)F)c2)n[nH]1. The number of aryl methyl sites for hydroxylation is 1. The molecule has 1 saturated heterocycles. The van der Waals surface area contributed by atoms with Crippen molar-refractivity contribution in [3.63, 3.8) is 0 Å². The van der Waals surface area contributed by atoms with Crippen molar-refractivity contribution in [2.24, 2.45) is 0 Å². The van der Waals surface area contributed by atoms with Gasteiger partial charge in [-0.3, -0.25) is 5.10 Å². The number of hydrogen-bond acceptors (Lipinski definition) is 4. The van der Waals surface area contributed by atoms with Gasteiger partial charge in [0, 0.05) is 17.1 Å². The van der Waals surface area contributed by atoms with E-state index in [0.29, 0.717) is 23.9 Å². The molecule has 1 aromatic heterocycles. The van der Waals surface area contributed by atoms with Crippen LogP contribution in [-0.4, -0.2) is 38.2 Å². The zero-order valence-corrected chi connectivity index (χ0v) is 14.1. The Balaban J connectivity index is 1.70. The van der Waals surface area contributed by atoms with Crippen LogP contribution in [0.15, 0.2) is 29.2 Å². The monoisotopic (exact) mass is 371 g/mol. The summed E-state index contributed by atoms with van der Waals surface area (Å²) in [5.41, 5.74) is -4.05. The summed E-state index contributed by atoms with van der Waals surface area (Å²) in [4.78, 5) is 18.4. The lowest BCUT2D eigenvalue weighted by atomic mass is 10.2. The fourth-order valence-electron chi connectivity index (χ4n) is 2.75. The topological polar surface area (TPSA) is 73.9 Å². The van der Waals surface area contributed by atoms with E-state index >= 15 is 0 Å². The number of thioether (sulfide) groups is 1. The molecule has 6 nitrogen and oxygen atoms in total. The van der Waals surface area contributed by atoms with Gasteiger partial charge in [0.25, 0.3) is 0 Å². The lowest BCUT2D eigenvalue weighted by molar-refractivity contribution is -0.0328. The summed E-state index contributed by atoms with van der Waals surface area (Å²) in [7, 11) is 0. The van der Waals surface area contributed by atoms with Crippen LogP contribution < -0.4 is 5.32 Å². The van der Waals surface area contributed by atoms with Gasteiger partial charge in [-0.05, 0) is 49.7 Å². The average Bonchev–Trinajstić information content (AvgIpc) is 3.14. The van der Waals surface area contributed by atoms with Crippen molar-refractivity contribution in [1.29, 1.82) is 0 Å². The van der Waals surface area contributed by atoms with E-state index in [-0.39, 0.29) is 28.7 Å². The number of halogens is 3. The minimum atomic E-state index is -4.37. The third-order valence-electron chi connectivity index (χ3n) is 3.75. The highest BCUT2D eigenvalue weighted by molar-refractivity contribution is 8.00. The number of nitrogens with one attached hydrogen (secondary N) is 2. The third kappa shape index (κ3) is 4.44. The van der Waals surface area contributed by atoms with Crippen LogP contribution in [0.3, 0.4) is 0 Å². The van der Waals surface area contributed by atoms with Gasteiger partial charge in [0.15, 0.2) is 5.82 Å². The molecular weight excluding hydrogens is 355 g/mol. The van der Waals surface area contributed by atoms with Gasteiger partial charge in [-0.1, -0.05) is 6.07 Å². The van der Waals surface area contributed by atoms with E-state index in [1.54, 1.807) is 17.9 Å². The van der Waals surface area contributed by atoms with Crippen molar-refractivity contribution in [1.82, 2.24) is 20.1 Å². The minimum absolute atomic E-state index is 0.0212. The molecule has 25 heavy (non-hydrogen) atoms. The number of nitrogens with zero attached hydrogens (tertiary/aromatic N) is 3. The van der Waals surface area contributed by atoms with Crippen molar-refractivity contribution in [3.05, 3.63) is 35.9 Å². The molecule has 2 heterocycles. The molecule has 3 rings (SSSR count). The number of alkyl halides is 3. The predicted octanol–water partition coefficient (Wildman–Crippen LogP) is 4.09. The Hall–Kier alpha value is -2.23. The van der Waals surface area contributed by atoms with Crippen LogP contribution >= 0.6 is 11.8 Å². The van der Waals surface area contributed by atoms with E-state index in [1.165, 1.54) is 18.2 Å². The maximum Gasteiger partial charge on any atom is 0.446 e. The summed E-state index contributed by atoms with van der Waals surface area (Å²) in [6.07, 6.45) is 1.56. The van der Waals surface area contributed by atoms with Gasteiger partial charge in [0.2, 0.25) is 0 Å². The highest BCUT2D eigenvalue weighted by Crippen LogP contribution is 2.37. The number of amides is 2. The maximum atomic E-state index is 12.5. The normalized spacial score (nSPS) is 17.8. The number of carbonyl (C=O) groups is 1. The van der Waals surface area contributed by atoms with Crippen molar-refractivity contribution in [3.8, 4) is 0 Å². The number of aromatic nitrogens is 3. The summed E-state index contributed by atoms with van der Waals surface area (Å²) >= 11 is -0.215. The van der Waals surface area contributed by atoms with Gasteiger partial charge >= 0.3 is 11.5 Å². The van der Waals surface area contributed by atoms with Gasteiger partial charge in [0.1, 0.15) is 5.82 Å².